The van der Waals surface area contributed by atoms with Gasteiger partial charge in [-0.15, -0.1) is 0 Å². The molecular formula is C23H18F3N. The first kappa shape index (κ1) is 16.4. The summed E-state index contributed by atoms with van der Waals surface area (Å²) < 4.78 is 41.0. The molecule has 0 unspecified atom stereocenters. The third-order valence-corrected chi connectivity index (χ3v) is 5.86. The summed E-state index contributed by atoms with van der Waals surface area (Å²) in [5, 5.41) is 5.65. The van der Waals surface area contributed by atoms with E-state index in [4.69, 9.17) is 0 Å². The van der Waals surface area contributed by atoms with Crippen molar-refractivity contribution in [3.8, 4) is 0 Å². The lowest BCUT2D eigenvalue weighted by molar-refractivity contribution is -0.138. The molecular weight excluding hydrogens is 347 g/mol. The second-order valence-corrected chi connectivity index (χ2v) is 7.31. The third-order valence-electron chi connectivity index (χ3n) is 5.86. The maximum atomic E-state index is 13.7. The molecule has 136 valence electrons. The van der Waals surface area contributed by atoms with E-state index < -0.39 is 11.7 Å². The Bertz CT molecular complexity index is 1050. The SMILES string of the molecule is FC(F)(F)c1ccccc1[C@@H]1Nc2c(ccc3ccccc23)[C@H]2C=CC[C@@H]21. The van der Waals surface area contributed by atoms with Gasteiger partial charge in [0.25, 0.3) is 0 Å². The van der Waals surface area contributed by atoms with Gasteiger partial charge in [0.05, 0.1) is 11.6 Å². The average molecular weight is 365 g/mol. The first-order valence-electron chi connectivity index (χ1n) is 9.15. The summed E-state index contributed by atoms with van der Waals surface area (Å²) in [5.41, 5.74) is 1.93. The highest BCUT2D eigenvalue weighted by Crippen LogP contribution is 2.52. The Kier molecular flexibility index (Phi) is 3.58. The minimum absolute atomic E-state index is 0.0853. The fraction of sp³-hybridized carbons (Fsp3) is 0.217. The van der Waals surface area contributed by atoms with Gasteiger partial charge in [-0.25, -0.2) is 0 Å². The molecule has 0 saturated carbocycles. The third kappa shape index (κ3) is 2.54. The minimum Gasteiger partial charge on any atom is -0.377 e. The number of fused-ring (bicyclic) bond motifs is 5. The molecule has 3 aromatic rings. The lowest BCUT2D eigenvalue weighted by Gasteiger charge is -2.39. The summed E-state index contributed by atoms with van der Waals surface area (Å²) in [7, 11) is 0. The molecule has 2 aliphatic rings. The zero-order valence-electron chi connectivity index (χ0n) is 14.5. The van der Waals surface area contributed by atoms with E-state index in [2.05, 4.69) is 29.6 Å². The highest BCUT2D eigenvalue weighted by atomic mass is 19.4. The average Bonchev–Trinajstić information content (AvgIpc) is 3.16. The minimum atomic E-state index is -4.36. The van der Waals surface area contributed by atoms with Crippen molar-refractivity contribution in [1.82, 2.24) is 0 Å². The molecule has 4 heteroatoms. The van der Waals surface area contributed by atoms with Crippen LogP contribution in [0.5, 0.6) is 0 Å². The van der Waals surface area contributed by atoms with E-state index in [1.165, 1.54) is 17.7 Å². The predicted molar refractivity (Wildman–Crippen MR) is 102 cm³/mol. The predicted octanol–water partition coefficient (Wildman–Crippen LogP) is 6.69. The Hall–Kier alpha value is -2.75. The van der Waals surface area contributed by atoms with E-state index in [0.717, 1.165) is 22.9 Å². The molecule has 5 rings (SSSR count). The van der Waals surface area contributed by atoms with Crippen LogP contribution in [-0.4, -0.2) is 0 Å². The lowest BCUT2D eigenvalue weighted by Crippen LogP contribution is -2.30. The summed E-state index contributed by atoms with van der Waals surface area (Å²) in [5.74, 6) is 0.222. The molecule has 3 aromatic carbocycles. The molecule has 0 radical (unpaired) electrons. The molecule has 1 aliphatic heterocycles. The van der Waals surface area contributed by atoms with Gasteiger partial charge in [-0.2, -0.15) is 13.2 Å². The molecule has 0 amide bonds. The molecule has 1 aliphatic carbocycles. The van der Waals surface area contributed by atoms with Crippen LogP contribution in [0.2, 0.25) is 0 Å². The molecule has 0 fully saturated rings. The van der Waals surface area contributed by atoms with Gasteiger partial charge >= 0.3 is 6.18 Å². The molecule has 3 atom stereocenters. The van der Waals surface area contributed by atoms with Gasteiger partial charge in [0.15, 0.2) is 0 Å². The van der Waals surface area contributed by atoms with Crippen molar-refractivity contribution >= 4 is 16.5 Å². The Balaban J connectivity index is 1.71. The van der Waals surface area contributed by atoms with Crippen LogP contribution in [0.15, 0.2) is 72.8 Å². The molecule has 27 heavy (non-hydrogen) atoms. The summed E-state index contributed by atoms with van der Waals surface area (Å²) in [6.07, 6.45) is 0.673. The largest absolute Gasteiger partial charge is 0.416 e. The van der Waals surface area contributed by atoms with E-state index in [9.17, 15) is 13.2 Å². The van der Waals surface area contributed by atoms with Crippen molar-refractivity contribution in [2.75, 3.05) is 5.32 Å². The van der Waals surface area contributed by atoms with Crippen LogP contribution >= 0.6 is 0 Å². The number of alkyl halides is 3. The zero-order valence-corrected chi connectivity index (χ0v) is 14.5. The highest BCUT2D eigenvalue weighted by Gasteiger charge is 2.42. The van der Waals surface area contributed by atoms with Crippen molar-refractivity contribution in [3.63, 3.8) is 0 Å². The number of hydrogen-bond acceptors (Lipinski definition) is 1. The molecule has 0 bridgehead atoms. The molecule has 1 heterocycles. The zero-order chi connectivity index (χ0) is 18.6. The Morgan fingerprint density at radius 2 is 1.63 bits per heavy atom. The van der Waals surface area contributed by atoms with Crippen LogP contribution in [0.3, 0.4) is 0 Å². The van der Waals surface area contributed by atoms with Crippen molar-refractivity contribution < 1.29 is 13.2 Å². The van der Waals surface area contributed by atoms with Crippen LogP contribution in [-0.2, 0) is 6.18 Å². The van der Waals surface area contributed by atoms with E-state index in [1.807, 2.05) is 24.3 Å². The van der Waals surface area contributed by atoms with Crippen molar-refractivity contribution in [2.24, 2.45) is 5.92 Å². The van der Waals surface area contributed by atoms with Crippen LogP contribution in [0.1, 0.15) is 35.1 Å². The van der Waals surface area contributed by atoms with E-state index >= 15 is 0 Å². The number of benzene rings is 3. The number of rotatable bonds is 1. The van der Waals surface area contributed by atoms with Crippen molar-refractivity contribution in [1.29, 1.82) is 0 Å². The summed E-state index contributed by atoms with van der Waals surface area (Å²) >= 11 is 0. The van der Waals surface area contributed by atoms with Crippen LogP contribution in [0, 0.1) is 5.92 Å². The van der Waals surface area contributed by atoms with Crippen LogP contribution in [0.25, 0.3) is 10.8 Å². The molecule has 0 spiro atoms. The maximum Gasteiger partial charge on any atom is 0.416 e. The normalized spacial score (nSPS) is 23.7. The number of hydrogen-bond donors (Lipinski definition) is 1. The van der Waals surface area contributed by atoms with Gasteiger partial charge in [-0.3, -0.25) is 0 Å². The quantitative estimate of drug-likeness (QED) is 0.474. The Morgan fingerprint density at radius 3 is 2.48 bits per heavy atom. The van der Waals surface area contributed by atoms with Gasteiger partial charge in [0, 0.05) is 17.0 Å². The maximum absolute atomic E-state index is 13.7. The smallest absolute Gasteiger partial charge is 0.377 e. The van der Waals surface area contributed by atoms with Crippen LogP contribution in [0.4, 0.5) is 18.9 Å². The lowest BCUT2D eigenvalue weighted by atomic mass is 9.75. The van der Waals surface area contributed by atoms with Gasteiger partial charge < -0.3 is 5.32 Å². The monoisotopic (exact) mass is 365 g/mol. The Labute approximate surface area is 155 Å². The second kappa shape index (κ2) is 5.88. The van der Waals surface area contributed by atoms with Gasteiger partial charge in [-0.1, -0.05) is 66.7 Å². The summed E-state index contributed by atoms with van der Waals surface area (Å²) in [6, 6.07) is 17.8. The molecule has 1 N–H and O–H groups in total. The van der Waals surface area contributed by atoms with Crippen molar-refractivity contribution in [3.05, 3.63) is 89.5 Å². The first-order chi connectivity index (χ1) is 13.0. The number of anilines is 1. The molecule has 0 aromatic heterocycles. The van der Waals surface area contributed by atoms with E-state index in [-0.39, 0.29) is 17.9 Å². The van der Waals surface area contributed by atoms with E-state index in [1.54, 1.807) is 12.1 Å². The fourth-order valence-electron chi connectivity index (χ4n) is 4.67. The van der Waals surface area contributed by atoms with Gasteiger partial charge in [0.2, 0.25) is 0 Å². The topological polar surface area (TPSA) is 12.0 Å². The number of nitrogens with one attached hydrogen (secondary N) is 1. The highest BCUT2D eigenvalue weighted by molar-refractivity contribution is 5.96. The van der Waals surface area contributed by atoms with E-state index in [0.29, 0.717) is 5.56 Å². The van der Waals surface area contributed by atoms with Crippen molar-refractivity contribution in [2.45, 2.75) is 24.6 Å². The number of allylic oxidation sites excluding steroid dienone is 2. The van der Waals surface area contributed by atoms with Crippen LogP contribution < -0.4 is 5.32 Å². The summed E-state index contributed by atoms with van der Waals surface area (Å²) in [4.78, 5) is 0. The fourth-order valence-corrected chi connectivity index (χ4v) is 4.67. The second-order valence-electron chi connectivity index (χ2n) is 7.31. The Morgan fingerprint density at radius 1 is 0.852 bits per heavy atom. The van der Waals surface area contributed by atoms with Gasteiger partial charge in [0.1, 0.15) is 0 Å². The standard InChI is InChI=1S/C23H18F3N/c24-23(25,26)20-11-4-3-8-19(20)22-17-10-5-9-16(17)18-13-12-14-6-1-2-7-15(14)21(18)27-22/h1-9,11-13,16-17,22,27H,10H2/t16-,17-,22+/m0/s1. The first-order valence-corrected chi connectivity index (χ1v) is 9.15. The van der Waals surface area contributed by atoms with Gasteiger partial charge in [-0.05, 0) is 34.9 Å². The summed E-state index contributed by atoms with van der Waals surface area (Å²) in [6.45, 7) is 0. The molecule has 1 nitrogen and oxygen atoms in total. The number of halogens is 3. The molecule has 0 saturated heterocycles.